The Labute approximate surface area is 176 Å². The first-order chi connectivity index (χ1) is 14.7. The van der Waals surface area contributed by atoms with E-state index in [1.807, 2.05) is 54.7 Å². The Morgan fingerprint density at radius 2 is 1.93 bits per heavy atom. The molecule has 0 radical (unpaired) electrons. The van der Waals surface area contributed by atoms with Gasteiger partial charge in [0.25, 0.3) is 0 Å². The minimum Gasteiger partial charge on any atom is -0.487 e. The van der Waals surface area contributed by atoms with Crippen LogP contribution in [0.2, 0.25) is 0 Å². The van der Waals surface area contributed by atoms with Crippen molar-refractivity contribution in [3.8, 4) is 11.4 Å². The fraction of sp³-hybridized carbons (Fsp3) is 0.333. The highest BCUT2D eigenvalue weighted by molar-refractivity contribution is 5.91. The molecule has 6 nitrogen and oxygen atoms in total. The van der Waals surface area contributed by atoms with Crippen LogP contribution < -0.4 is 15.4 Å². The van der Waals surface area contributed by atoms with Crippen LogP contribution in [0.5, 0.6) is 5.75 Å². The SMILES string of the molecule is O=C(CC1CC2(CCNCC2)Oc2ccccc21)Nc1ccc(-n2cccn2)cc1. The summed E-state index contributed by atoms with van der Waals surface area (Å²) in [6, 6.07) is 17.8. The van der Waals surface area contributed by atoms with E-state index in [0.717, 1.165) is 55.0 Å². The molecule has 2 aromatic carbocycles. The number of carbonyl (C=O) groups is 1. The van der Waals surface area contributed by atoms with Crippen LogP contribution in [0.1, 0.15) is 37.2 Å². The second kappa shape index (κ2) is 7.95. The number of para-hydroxylation sites is 1. The second-order valence-electron chi connectivity index (χ2n) is 8.22. The molecule has 1 atom stereocenters. The van der Waals surface area contributed by atoms with Gasteiger partial charge in [-0.2, -0.15) is 5.10 Å². The smallest absolute Gasteiger partial charge is 0.224 e. The Morgan fingerprint density at radius 1 is 1.13 bits per heavy atom. The lowest BCUT2D eigenvalue weighted by Gasteiger charge is -2.44. The Balaban J connectivity index is 1.30. The predicted molar refractivity (Wildman–Crippen MR) is 116 cm³/mol. The third-order valence-corrected chi connectivity index (χ3v) is 6.17. The van der Waals surface area contributed by atoms with Crippen molar-refractivity contribution in [2.24, 2.45) is 0 Å². The molecule has 5 rings (SSSR count). The van der Waals surface area contributed by atoms with Crippen molar-refractivity contribution in [2.75, 3.05) is 18.4 Å². The van der Waals surface area contributed by atoms with E-state index >= 15 is 0 Å². The molecule has 1 unspecified atom stereocenters. The van der Waals surface area contributed by atoms with Crippen molar-refractivity contribution >= 4 is 11.6 Å². The van der Waals surface area contributed by atoms with Crippen molar-refractivity contribution < 1.29 is 9.53 Å². The third kappa shape index (κ3) is 3.83. The molecule has 3 aromatic rings. The molecule has 1 saturated heterocycles. The molecular formula is C24H26N4O2. The van der Waals surface area contributed by atoms with Gasteiger partial charge in [-0.3, -0.25) is 4.79 Å². The van der Waals surface area contributed by atoms with Gasteiger partial charge in [-0.1, -0.05) is 18.2 Å². The first kappa shape index (κ1) is 18.9. The summed E-state index contributed by atoms with van der Waals surface area (Å²) < 4.78 is 8.25. The average molecular weight is 402 g/mol. The summed E-state index contributed by atoms with van der Waals surface area (Å²) in [4.78, 5) is 12.9. The van der Waals surface area contributed by atoms with Crippen LogP contribution >= 0.6 is 0 Å². The topological polar surface area (TPSA) is 68.2 Å². The number of hydrogen-bond donors (Lipinski definition) is 2. The molecule has 2 aliphatic rings. The van der Waals surface area contributed by atoms with E-state index in [-0.39, 0.29) is 17.4 Å². The van der Waals surface area contributed by atoms with Gasteiger partial charge in [-0.25, -0.2) is 4.68 Å². The van der Waals surface area contributed by atoms with Gasteiger partial charge in [-0.15, -0.1) is 0 Å². The Kier molecular flexibility index (Phi) is 5.01. The van der Waals surface area contributed by atoms with Gasteiger partial charge in [0, 0.05) is 30.4 Å². The van der Waals surface area contributed by atoms with Gasteiger partial charge in [0.2, 0.25) is 5.91 Å². The number of benzene rings is 2. The number of amides is 1. The molecule has 0 bridgehead atoms. The minimum atomic E-state index is -0.157. The van der Waals surface area contributed by atoms with Crippen LogP contribution in [0.4, 0.5) is 5.69 Å². The van der Waals surface area contributed by atoms with E-state index in [1.54, 1.807) is 10.9 Å². The lowest BCUT2D eigenvalue weighted by molar-refractivity contribution is -0.117. The highest BCUT2D eigenvalue weighted by Crippen LogP contribution is 2.45. The van der Waals surface area contributed by atoms with Crippen LogP contribution in [-0.4, -0.2) is 34.4 Å². The van der Waals surface area contributed by atoms with Crippen LogP contribution in [0.3, 0.4) is 0 Å². The molecule has 30 heavy (non-hydrogen) atoms. The number of nitrogens with one attached hydrogen (secondary N) is 2. The zero-order valence-electron chi connectivity index (χ0n) is 16.9. The maximum atomic E-state index is 12.9. The van der Waals surface area contributed by atoms with Crippen molar-refractivity contribution in [2.45, 2.75) is 37.2 Å². The standard InChI is InChI=1S/C24H26N4O2/c29-23(27-19-6-8-20(9-7-19)28-15-3-12-26-28)16-18-17-24(10-13-25-14-11-24)30-22-5-2-1-4-21(18)22/h1-9,12,15,18,25H,10-11,13-14,16-17H2,(H,27,29). The number of piperidine rings is 1. The van der Waals surface area contributed by atoms with Crippen molar-refractivity contribution in [1.82, 2.24) is 15.1 Å². The lowest BCUT2D eigenvalue weighted by Crippen LogP contribution is -2.49. The largest absolute Gasteiger partial charge is 0.487 e. The molecule has 1 fully saturated rings. The molecule has 3 heterocycles. The quantitative estimate of drug-likeness (QED) is 0.695. The number of anilines is 1. The van der Waals surface area contributed by atoms with E-state index in [9.17, 15) is 4.79 Å². The fourth-order valence-electron chi connectivity index (χ4n) is 4.67. The van der Waals surface area contributed by atoms with Gasteiger partial charge >= 0.3 is 0 Å². The second-order valence-corrected chi connectivity index (χ2v) is 8.22. The molecule has 0 saturated carbocycles. The Morgan fingerprint density at radius 3 is 2.70 bits per heavy atom. The summed E-state index contributed by atoms with van der Waals surface area (Å²) >= 11 is 0. The van der Waals surface area contributed by atoms with Crippen LogP contribution in [0, 0.1) is 0 Å². The normalized spacial score (nSPS) is 19.7. The molecular weight excluding hydrogens is 376 g/mol. The number of hydrogen-bond acceptors (Lipinski definition) is 4. The molecule has 1 amide bonds. The Bertz CT molecular complexity index is 1010. The van der Waals surface area contributed by atoms with Crippen LogP contribution in [-0.2, 0) is 4.79 Å². The van der Waals surface area contributed by atoms with E-state index in [2.05, 4.69) is 21.8 Å². The summed E-state index contributed by atoms with van der Waals surface area (Å²) in [5.74, 6) is 1.14. The maximum absolute atomic E-state index is 12.9. The fourth-order valence-corrected chi connectivity index (χ4v) is 4.67. The zero-order valence-corrected chi connectivity index (χ0v) is 16.9. The molecule has 2 aliphatic heterocycles. The summed E-state index contributed by atoms with van der Waals surface area (Å²) in [6.07, 6.45) is 6.94. The first-order valence-electron chi connectivity index (χ1n) is 10.6. The molecule has 1 spiro atoms. The number of fused-ring (bicyclic) bond motifs is 1. The van der Waals surface area contributed by atoms with E-state index < -0.39 is 0 Å². The monoisotopic (exact) mass is 402 g/mol. The van der Waals surface area contributed by atoms with Crippen LogP contribution in [0.15, 0.2) is 67.0 Å². The van der Waals surface area contributed by atoms with Gasteiger partial charge in [-0.05, 0) is 74.3 Å². The van der Waals surface area contributed by atoms with Crippen molar-refractivity contribution in [3.63, 3.8) is 0 Å². The summed E-state index contributed by atoms with van der Waals surface area (Å²) in [5.41, 5.74) is 2.75. The molecule has 154 valence electrons. The van der Waals surface area contributed by atoms with E-state index in [1.165, 1.54) is 0 Å². The number of nitrogens with zero attached hydrogens (tertiary/aromatic N) is 2. The molecule has 2 N–H and O–H groups in total. The number of aromatic nitrogens is 2. The van der Waals surface area contributed by atoms with Crippen LogP contribution in [0.25, 0.3) is 5.69 Å². The third-order valence-electron chi connectivity index (χ3n) is 6.17. The molecule has 6 heteroatoms. The minimum absolute atomic E-state index is 0.0348. The van der Waals surface area contributed by atoms with Gasteiger partial charge in [0.05, 0.1) is 5.69 Å². The lowest BCUT2D eigenvalue weighted by atomic mass is 9.76. The highest BCUT2D eigenvalue weighted by atomic mass is 16.5. The number of carbonyl (C=O) groups excluding carboxylic acids is 1. The van der Waals surface area contributed by atoms with Crippen molar-refractivity contribution in [3.05, 3.63) is 72.6 Å². The average Bonchev–Trinajstić information content (AvgIpc) is 3.30. The van der Waals surface area contributed by atoms with Crippen molar-refractivity contribution in [1.29, 1.82) is 0 Å². The number of rotatable bonds is 4. The zero-order chi connectivity index (χ0) is 20.4. The maximum Gasteiger partial charge on any atom is 0.224 e. The molecule has 0 aliphatic carbocycles. The summed E-state index contributed by atoms with van der Waals surface area (Å²) in [6.45, 7) is 1.92. The van der Waals surface area contributed by atoms with Gasteiger partial charge < -0.3 is 15.4 Å². The highest BCUT2D eigenvalue weighted by Gasteiger charge is 2.42. The van der Waals surface area contributed by atoms with E-state index in [4.69, 9.17) is 4.74 Å². The predicted octanol–water partition coefficient (Wildman–Crippen LogP) is 3.89. The summed E-state index contributed by atoms with van der Waals surface area (Å²) in [7, 11) is 0. The molecule has 1 aromatic heterocycles. The van der Waals surface area contributed by atoms with Gasteiger partial charge in [0.1, 0.15) is 11.4 Å². The van der Waals surface area contributed by atoms with Gasteiger partial charge in [0.15, 0.2) is 0 Å². The summed E-state index contributed by atoms with van der Waals surface area (Å²) in [5, 5.41) is 10.7. The Hall–Kier alpha value is -3.12. The van der Waals surface area contributed by atoms with E-state index in [0.29, 0.717) is 6.42 Å². The number of ether oxygens (including phenoxy) is 1. The first-order valence-corrected chi connectivity index (χ1v) is 10.6.